The van der Waals surface area contributed by atoms with Crippen LogP contribution in [0, 0.1) is 5.82 Å². The number of hydrogen-bond donors (Lipinski definition) is 1. The fourth-order valence-electron chi connectivity index (χ4n) is 1.49. The lowest BCUT2D eigenvalue weighted by Crippen LogP contribution is -1.99. The highest BCUT2D eigenvalue weighted by Crippen LogP contribution is 2.26. The fourth-order valence-corrected chi connectivity index (χ4v) is 1.85. The predicted molar refractivity (Wildman–Crippen MR) is 61.2 cm³/mol. The highest BCUT2D eigenvalue weighted by atomic mass is 79.9. The Hall–Kier alpha value is -0.870. The monoisotopic (exact) mass is 271 g/mol. The van der Waals surface area contributed by atoms with Gasteiger partial charge in [-0.1, -0.05) is 0 Å². The standard InChI is InChI=1S/C11H11BrFNO/c12-9-5-7-4-8(2-1-3-14)15-11(7)6-10(9)13/h4-6H,1-3,14H2. The SMILES string of the molecule is NCCCc1cc2cc(Br)c(F)cc2o1. The van der Waals surface area contributed by atoms with Gasteiger partial charge in [-0.3, -0.25) is 0 Å². The predicted octanol–water partition coefficient (Wildman–Crippen LogP) is 3.23. The fraction of sp³-hybridized carbons (Fsp3) is 0.273. The van der Waals surface area contributed by atoms with Crippen LogP contribution >= 0.6 is 15.9 Å². The first-order valence-corrected chi connectivity index (χ1v) is 5.57. The largest absolute Gasteiger partial charge is 0.461 e. The molecule has 2 nitrogen and oxygen atoms in total. The van der Waals surface area contributed by atoms with Crippen LogP contribution < -0.4 is 5.73 Å². The molecule has 1 aromatic carbocycles. The van der Waals surface area contributed by atoms with Crippen molar-refractivity contribution in [3.63, 3.8) is 0 Å². The maximum Gasteiger partial charge on any atom is 0.141 e. The van der Waals surface area contributed by atoms with E-state index in [1.807, 2.05) is 6.07 Å². The molecule has 0 bridgehead atoms. The Labute approximate surface area is 95.4 Å². The maximum absolute atomic E-state index is 13.2. The zero-order chi connectivity index (χ0) is 10.8. The maximum atomic E-state index is 13.2. The molecule has 2 rings (SSSR count). The smallest absolute Gasteiger partial charge is 0.141 e. The zero-order valence-electron chi connectivity index (χ0n) is 8.09. The van der Waals surface area contributed by atoms with Crippen LogP contribution in [0.15, 0.2) is 27.1 Å². The molecule has 80 valence electrons. The third-order valence-corrected chi connectivity index (χ3v) is 2.85. The second-order valence-corrected chi connectivity index (χ2v) is 4.26. The Morgan fingerprint density at radius 1 is 1.33 bits per heavy atom. The van der Waals surface area contributed by atoms with Gasteiger partial charge < -0.3 is 10.2 Å². The summed E-state index contributed by atoms with van der Waals surface area (Å²) < 4.78 is 19.1. The number of benzene rings is 1. The second-order valence-electron chi connectivity index (χ2n) is 3.41. The van der Waals surface area contributed by atoms with E-state index in [-0.39, 0.29) is 5.82 Å². The van der Waals surface area contributed by atoms with Crippen molar-refractivity contribution >= 4 is 26.9 Å². The first-order valence-electron chi connectivity index (χ1n) is 4.78. The van der Waals surface area contributed by atoms with Gasteiger partial charge in [0.1, 0.15) is 17.2 Å². The minimum atomic E-state index is -0.303. The van der Waals surface area contributed by atoms with Crippen LogP contribution in [0.5, 0.6) is 0 Å². The normalized spacial score (nSPS) is 11.1. The Morgan fingerprint density at radius 2 is 2.13 bits per heavy atom. The van der Waals surface area contributed by atoms with E-state index in [2.05, 4.69) is 15.9 Å². The van der Waals surface area contributed by atoms with Crippen LogP contribution in [-0.4, -0.2) is 6.54 Å². The van der Waals surface area contributed by atoms with Gasteiger partial charge >= 0.3 is 0 Å². The molecule has 0 saturated carbocycles. The number of nitrogens with two attached hydrogens (primary N) is 1. The lowest BCUT2D eigenvalue weighted by molar-refractivity contribution is 0.536. The molecular formula is C11H11BrFNO. The lowest BCUT2D eigenvalue weighted by atomic mass is 10.2. The van der Waals surface area contributed by atoms with E-state index >= 15 is 0 Å². The number of rotatable bonds is 3. The van der Waals surface area contributed by atoms with Gasteiger partial charge in [0.05, 0.1) is 4.47 Å². The number of hydrogen-bond acceptors (Lipinski definition) is 2. The Balaban J connectivity index is 2.38. The molecule has 0 amide bonds. The molecule has 2 aromatic rings. The Kier molecular flexibility index (Phi) is 3.07. The van der Waals surface area contributed by atoms with Crippen molar-refractivity contribution in [2.24, 2.45) is 5.73 Å². The van der Waals surface area contributed by atoms with Crippen LogP contribution in [0.3, 0.4) is 0 Å². The lowest BCUT2D eigenvalue weighted by Gasteiger charge is -1.93. The van der Waals surface area contributed by atoms with Crippen molar-refractivity contribution in [3.05, 3.63) is 34.2 Å². The summed E-state index contributed by atoms with van der Waals surface area (Å²) in [4.78, 5) is 0. The van der Waals surface area contributed by atoms with E-state index in [4.69, 9.17) is 10.2 Å². The topological polar surface area (TPSA) is 39.2 Å². The van der Waals surface area contributed by atoms with Crippen LogP contribution in [0.4, 0.5) is 4.39 Å². The molecule has 2 N–H and O–H groups in total. The van der Waals surface area contributed by atoms with Crippen molar-refractivity contribution in [3.8, 4) is 0 Å². The molecule has 0 unspecified atom stereocenters. The third-order valence-electron chi connectivity index (χ3n) is 2.24. The molecule has 0 aliphatic rings. The van der Waals surface area contributed by atoms with Crippen molar-refractivity contribution < 1.29 is 8.81 Å². The molecule has 0 aliphatic heterocycles. The molecule has 1 heterocycles. The van der Waals surface area contributed by atoms with Crippen molar-refractivity contribution in [1.82, 2.24) is 0 Å². The summed E-state index contributed by atoms with van der Waals surface area (Å²) in [6.07, 6.45) is 1.67. The summed E-state index contributed by atoms with van der Waals surface area (Å²) in [5.41, 5.74) is 6.00. The van der Waals surface area contributed by atoms with Gasteiger partial charge in [0.25, 0.3) is 0 Å². The van der Waals surface area contributed by atoms with Gasteiger partial charge in [-0.05, 0) is 41.0 Å². The Morgan fingerprint density at radius 3 is 2.87 bits per heavy atom. The average Bonchev–Trinajstić information content (AvgIpc) is 2.58. The molecule has 0 spiro atoms. The molecule has 0 fully saturated rings. The first-order chi connectivity index (χ1) is 7.20. The summed E-state index contributed by atoms with van der Waals surface area (Å²) in [5, 5.41) is 0.912. The molecule has 4 heteroatoms. The van der Waals surface area contributed by atoms with E-state index < -0.39 is 0 Å². The van der Waals surface area contributed by atoms with Gasteiger partial charge in [-0.25, -0.2) is 4.39 Å². The highest BCUT2D eigenvalue weighted by Gasteiger charge is 2.07. The highest BCUT2D eigenvalue weighted by molar-refractivity contribution is 9.10. The molecule has 1 aromatic heterocycles. The molecule has 0 radical (unpaired) electrons. The third kappa shape index (κ3) is 2.21. The molecule has 0 saturated heterocycles. The van der Waals surface area contributed by atoms with Crippen LogP contribution in [-0.2, 0) is 6.42 Å². The van der Waals surface area contributed by atoms with Crippen molar-refractivity contribution in [2.45, 2.75) is 12.8 Å². The minimum Gasteiger partial charge on any atom is -0.461 e. The van der Waals surface area contributed by atoms with Crippen molar-refractivity contribution in [2.75, 3.05) is 6.54 Å². The second kappa shape index (κ2) is 4.33. The minimum absolute atomic E-state index is 0.303. The van der Waals surface area contributed by atoms with E-state index in [9.17, 15) is 4.39 Å². The molecule has 15 heavy (non-hydrogen) atoms. The van der Waals surface area contributed by atoms with E-state index in [0.29, 0.717) is 16.6 Å². The number of aryl methyl sites for hydroxylation is 1. The molecule has 0 aliphatic carbocycles. The van der Waals surface area contributed by atoms with Crippen LogP contribution in [0.2, 0.25) is 0 Å². The van der Waals surface area contributed by atoms with Crippen LogP contribution in [0.25, 0.3) is 11.0 Å². The van der Waals surface area contributed by atoms with Gasteiger partial charge in [0.2, 0.25) is 0 Å². The molecule has 0 atom stereocenters. The van der Waals surface area contributed by atoms with Crippen molar-refractivity contribution in [1.29, 1.82) is 0 Å². The summed E-state index contributed by atoms with van der Waals surface area (Å²) >= 11 is 3.14. The first kappa shape index (κ1) is 10.6. The van der Waals surface area contributed by atoms with Gasteiger partial charge in [-0.2, -0.15) is 0 Å². The van der Waals surface area contributed by atoms with Gasteiger partial charge in [-0.15, -0.1) is 0 Å². The molecular weight excluding hydrogens is 261 g/mol. The summed E-state index contributed by atoms with van der Waals surface area (Å²) in [5.74, 6) is 0.551. The quantitative estimate of drug-likeness (QED) is 0.931. The van der Waals surface area contributed by atoms with E-state index in [0.717, 1.165) is 24.0 Å². The number of halogens is 2. The number of fused-ring (bicyclic) bond motifs is 1. The van der Waals surface area contributed by atoms with Crippen LogP contribution in [0.1, 0.15) is 12.2 Å². The average molecular weight is 272 g/mol. The van der Waals surface area contributed by atoms with E-state index in [1.165, 1.54) is 6.07 Å². The van der Waals surface area contributed by atoms with Gasteiger partial charge in [0, 0.05) is 17.9 Å². The Bertz CT molecular complexity index is 442. The van der Waals surface area contributed by atoms with E-state index in [1.54, 1.807) is 6.07 Å². The summed E-state index contributed by atoms with van der Waals surface area (Å²) in [6.45, 7) is 0.634. The summed E-state index contributed by atoms with van der Waals surface area (Å²) in [6, 6.07) is 5.04. The number of furan rings is 1. The summed E-state index contributed by atoms with van der Waals surface area (Å²) in [7, 11) is 0. The van der Waals surface area contributed by atoms with Gasteiger partial charge in [0.15, 0.2) is 0 Å². The zero-order valence-corrected chi connectivity index (χ0v) is 9.68.